The van der Waals surface area contributed by atoms with Gasteiger partial charge in [-0.2, -0.15) is 0 Å². The second-order valence-electron chi connectivity index (χ2n) is 3.67. The first-order valence-electron chi connectivity index (χ1n) is 4.50. The maximum Gasteiger partial charge on any atom is 0.0591 e. The summed E-state index contributed by atoms with van der Waals surface area (Å²) in [4.78, 5) is 6.67. The van der Waals surface area contributed by atoms with Crippen LogP contribution in [0.1, 0.15) is 16.8 Å². The Morgan fingerprint density at radius 3 is 3.08 bits per heavy atom. The first-order chi connectivity index (χ1) is 6.18. The molecule has 13 heavy (non-hydrogen) atoms. The van der Waals surface area contributed by atoms with Gasteiger partial charge in [-0.25, -0.2) is 0 Å². The SMILES string of the molecule is Cc1cnc2c(c1Cl)CCN(C)C2. The molecule has 0 bridgehead atoms. The number of nitrogens with zero attached hydrogens (tertiary/aromatic N) is 2. The van der Waals surface area contributed by atoms with Crippen LogP contribution in [0.2, 0.25) is 5.02 Å². The van der Waals surface area contributed by atoms with E-state index in [1.165, 1.54) is 5.56 Å². The fourth-order valence-electron chi connectivity index (χ4n) is 1.70. The Labute approximate surface area is 83.5 Å². The zero-order valence-corrected chi connectivity index (χ0v) is 8.73. The fraction of sp³-hybridized carbons (Fsp3) is 0.500. The summed E-state index contributed by atoms with van der Waals surface area (Å²) in [6.45, 7) is 4.01. The molecule has 0 fully saturated rings. The van der Waals surface area contributed by atoms with Crippen molar-refractivity contribution < 1.29 is 0 Å². The van der Waals surface area contributed by atoms with Gasteiger partial charge in [0.2, 0.25) is 0 Å². The van der Waals surface area contributed by atoms with Crippen molar-refractivity contribution in [2.75, 3.05) is 13.6 Å². The number of aryl methyl sites for hydroxylation is 1. The maximum atomic E-state index is 6.20. The number of aromatic nitrogens is 1. The molecule has 3 heteroatoms. The maximum absolute atomic E-state index is 6.20. The second kappa shape index (κ2) is 3.28. The van der Waals surface area contributed by atoms with Gasteiger partial charge in [0, 0.05) is 19.3 Å². The van der Waals surface area contributed by atoms with Crippen LogP contribution in [0.4, 0.5) is 0 Å². The van der Waals surface area contributed by atoms with Crippen LogP contribution in [-0.2, 0) is 13.0 Å². The van der Waals surface area contributed by atoms with Crippen LogP contribution in [0.5, 0.6) is 0 Å². The predicted molar refractivity (Wildman–Crippen MR) is 54.0 cm³/mol. The molecule has 0 radical (unpaired) electrons. The summed E-state index contributed by atoms with van der Waals surface area (Å²) < 4.78 is 0. The average Bonchev–Trinajstić information content (AvgIpc) is 2.12. The van der Waals surface area contributed by atoms with Gasteiger partial charge in [0.25, 0.3) is 0 Å². The summed E-state index contributed by atoms with van der Waals surface area (Å²) in [6, 6.07) is 0. The molecule has 0 saturated heterocycles. The van der Waals surface area contributed by atoms with E-state index in [1.54, 1.807) is 0 Å². The molecule has 0 aromatic carbocycles. The van der Waals surface area contributed by atoms with E-state index in [2.05, 4.69) is 16.9 Å². The Hall–Kier alpha value is -0.600. The molecule has 0 unspecified atom stereocenters. The molecule has 2 rings (SSSR count). The summed E-state index contributed by atoms with van der Waals surface area (Å²) in [5.74, 6) is 0. The van der Waals surface area contributed by atoms with E-state index in [0.717, 1.165) is 35.8 Å². The molecule has 2 nitrogen and oxygen atoms in total. The standard InChI is InChI=1S/C10H13ClN2/c1-7-5-12-9-6-13(2)4-3-8(9)10(7)11/h5H,3-4,6H2,1-2H3. The number of halogens is 1. The van der Waals surface area contributed by atoms with Crippen molar-refractivity contribution >= 4 is 11.6 Å². The van der Waals surface area contributed by atoms with Crippen LogP contribution in [0.3, 0.4) is 0 Å². The van der Waals surface area contributed by atoms with Crippen LogP contribution in [0.15, 0.2) is 6.20 Å². The normalized spacial score (nSPS) is 17.2. The largest absolute Gasteiger partial charge is 0.300 e. The molecule has 0 saturated carbocycles. The van der Waals surface area contributed by atoms with Crippen molar-refractivity contribution in [3.63, 3.8) is 0 Å². The fourth-order valence-corrected chi connectivity index (χ4v) is 1.95. The van der Waals surface area contributed by atoms with E-state index in [0.29, 0.717) is 0 Å². The van der Waals surface area contributed by atoms with Gasteiger partial charge >= 0.3 is 0 Å². The predicted octanol–water partition coefficient (Wildman–Crippen LogP) is 2.03. The van der Waals surface area contributed by atoms with Gasteiger partial charge in [0.1, 0.15) is 0 Å². The van der Waals surface area contributed by atoms with Crippen molar-refractivity contribution in [2.24, 2.45) is 0 Å². The van der Waals surface area contributed by atoms with Crippen LogP contribution in [0.25, 0.3) is 0 Å². The Balaban J connectivity index is 2.47. The smallest absolute Gasteiger partial charge is 0.0591 e. The lowest BCUT2D eigenvalue weighted by molar-refractivity contribution is 0.307. The number of pyridine rings is 1. The van der Waals surface area contributed by atoms with Crippen molar-refractivity contribution in [3.8, 4) is 0 Å². The van der Waals surface area contributed by atoms with Gasteiger partial charge in [-0.3, -0.25) is 4.98 Å². The summed E-state index contributed by atoms with van der Waals surface area (Å²) in [6.07, 6.45) is 2.89. The van der Waals surface area contributed by atoms with Crippen molar-refractivity contribution in [1.82, 2.24) is 9.88 Å². The number of rotatable bonds is 0. The van der Waals surface area contributed by atoms with E-state index in [4.69, 9.17) is 11.6 Å². The minimum atomic E-state index is 0.915. The Morgan fingerprint density at radius 1 is 1.54 bits per heavy atom. The monoisotopic (exact) mass is 196 g/mol. The van der Waals surface area contributed by atoms with Crippen LogP contribution in [-0.4, -0.2) is 23.5 Å². The highest BCUT2D eigenvalue weighted by Gasteiger charge is 2.17. The number of hydrogen-bond donors (Lipinski definition) is 0. The Kier molecular flexibility index (Phi) is 2.26. The molecular formula is C10H13ClN2. The average molecular weight is 197 g/mol. The molecule has 2 heterocycles. The minimum absolute atomic E-state index is 0.915. The molecule has 0 N–H and O–H groups in total. The first-order valence-corrected chi connectivity index (χ1v) is 4.87. The lowest BCUT2D eigenvalue weighted by Crippen LogP contribution is -2.27. The van der Waals surface area contributed by atoms with Gasteiger partial charge in [-0.15, -0.1) is 0 Å². The Morgan fingerprint density at radius 2 is 2.31 bits per heavy atom. The van der Waals surface area contributed by atoms with Gasteiger partial charge in [-0.1, -0.05) is 11.6 Å². The zero-order chi connectivity index (χ0) is 9.42. The minimum Gasteiger partial charge on any atom is -0.300 e. The third-order valence-corrected chi connectivity index (χ3v) is 3.06. The molecule has 1 aliphatic rings. The number of likely N-dealkylation sites (N-methyl/N-ethyl adjacent to an activating group) is 1. The summed E-state index contributed by atoms with van der Waals surface area (Å²) in [5, 5.41) is 0.915. The molecule has 1 aromatic heterocycles. The van der Waals surface area contributed by atoms with Crippen molar-refractivity contribution in [2.45, 2.75) is 19.9 Å². The molecule has 1 aromatic rings. The van der Waals surface area contributed by atoms with Crippen molar-refractivity contribution in [3.05, 3.63) is 28.0 Å². The van der Waals surface area contributed by atoms with Gasteiger partial charge in [-0.05, 0) is 31.5 Å². The third kappa shape index (κ3) is 1.56. The zero-order valence-electron chi connectivity index (χ0n) is 7.97. The topological polar surface area (TPSA) is 16.1 Å². The highest BCUT2D eigenvalue weighted by molar-refractivity contribution is 6.32. The van der Waals surface area contributed by atoms with E-state index in [9.17, 15) is 0 Å². The van der Waals surface area contributed by atoms with Crippen LogP contribution in [0, 0.1) is 6.92 Å². The molecule has 0 spiro atoms. The second-order valence-corrected chi connectivity index (χ2v) is 4.05. The molecule has 1 aliphatic heterocycles. The van der Waals surface area contributed by atoms with Gasteiger partial charge < -0.3 is 4.90 Å². The van der Waals surface area contributed by atoms with Crippen LogP contribution >= 0.6 is 11.6 Å². The van der Waals surface area contributed by atoms with Crippen LogP contribution < -0.4 is 0 Å². The van der Waals surface area contributed by atoms with E-state index in [1.807, 2.05) is 13.1 Å². The quantitative estimate of drug-likeness (QED) is 0.631. The Bertz CT molecular complexity index is 336. The third-order valence-electron chi connectivity index (χ3n) is 2.54. The van der Waals surface area contributed by atoms with Gasteiger partial charge in [0.05, 0.1) is 10.7 Å². The lowest BCUT2D eigenvalue weighted by Gasteiger charge is -2.25. The molecule has 0 atom stereocenters. The van der Waals surface area contributed by atoms with E-state index in [-0.39, 0.29) is 0 Å². The molecule has 70 valence electrons. The summed E-state index contributed by atoms with van der Waals surface area (Å²) >= 11 is 6.20. The summed E-state index contributed by atoms with van der Waals surface area (Å²) in [5.41, 5.74) is 3.48. The lowest BCUT2D eigenvalue weighted by atomic mass is 10.0. The number of hydrogen-bond acceptors (Lipinski definition) is 2. The highest BCUT2D eigenvalue weighted by Crippen LogP contribution is 2.26. The molecule has 0 amide bonds. The molecule has 0 aliphatic carbocycles. The van der Waals surface area contributed by atoms with E-state index < -0.39 is 0 Å². The van der Waals surface area contributed by atoms with E-state index >= 15 is 0 Å². The summed E-state index contributed by atoms with van der Waals surface area (Å²) in [7, 11) is 2.11. The first kappa shape index (κ1) is 8.97. The number of fused-ring (bicyclic) bond motifs is 1. The van der Waals surface area contributed by atoms with Gasteiger partial charge in [0.15, 0.2) is 0 Å². The molecular weight excluding hydrogens is 184 g/mol. The highest BCUT2D eigenvalue weighted by atomic mass is 35.5. The van der Waals surface area contributed by atoms with Crippen molar-refractivity contribution in [1.29, 1.82) is 0 Å².